The number of carbonyl (C=O) groups excluding carboxylic acids is 1. The number of hydrogen-bond donors (Lipinski definition) is 1. The van der Waals surface area contributed by atoms with Crippen LogP contribution in [-0.4, -0.2) is 59.3 Å². The Kier molecular flexibility index (Phi) is 5.98. The first kappa shape index (κ1) is 21.3. The molecule has 2 aromatic carbocycles. The molecule has 0 radical (unpaired) electrons. The van der Waals surface area contributed by atoms with Crippen molar-refractivity contribution in [3.8, 4) is 5.75 Å². The Morgan fingerprint density at radius 1 is 1.26 bits per heavy atom. The van der Waals surface area contributed by atoms with Gasteiger partial charge in [0.15, 0.2) is 5.72 Å². The summed E-state index contributed by atoms with van der Waals surface area (Å²) in [5.74, 6) is 1.10. The topological polar surface area (TPSA) is 79.3 Å². The van der Waals surface area contributed by atoms with Crippen LogP contribution in [0.5, 0.6) is 5.75 Å². The summed E-state index contributed by atoms with van der Waals surface area (Å²) < 4.78 is 12.0. The van der Waals surface area contributed by atoms with Crippen LogP contribution in [0.3, 0.4) is 0 Å². The van der Waals surface area contributed by atoms with Crippen LogP contribution in [0.25, 0.3) is 0 Å². The van der Waals surface area contributed by atoms with Crippen molar-refractivity contribution in [2.75, 3.05) is 20.2 Å². The van der Waals surface area contributed by atoms with Crippen LogP contribution in [0.2, 0.25) is 0 Å². The van der Waals surface area contributed by atoms with Gasteiger partial charge in [-0.15, -0.1) is 0 Å². The van der Waals surface area contributed by atoms with E-state index in [0.717, 1.165) is 30.8 Å². The highest BCUT2D eigenvalue weighted by atomic mass is 16.5. The summed E-state index contributed by atoms with van der Waals surface area (Å²) in [5, 5.41) is 6.89. The van der Waals surface area contributed by atoms with Crippen molar-refractivity contribution in [3.05, 3.63) is 65.2 Å². The fraction of sp³-hybridized carbons (Fsp3) is 0.417. The zero-order valence-corrected chi connectivity index (χ0v) is 17.9. The van der Waals surface area contributed by atoms with E-state index in [1.165, 1.54) is 11.1 Å². The molecule has 1 spiro atoms. The molecule has 0 aliphatic carbocycles. The normalized spacial score (nSPS) is 26.8. The van der Waals surface area contributed by atoms with Gasteiger partial charge in [-0.25, -0.2) is 0 Å². The number of amides is 1. The second kappa shape index (κ2) is 8.69. The molecule has 3 heterocycles. The van der Waals surface area contributed by atoms with Crippen molar-refractivity contribution in [1.82, 2.24) is 9.80 Å². The molecule has 7 heteroatoms. The Bertz CT molecular complexity index is 950. The van der Waals surface area contributed by atoms with Gasteiger partial charge in [0.2, 0.25) is 5.91 Å². The van der Waals surface area contributed by atoms with Crippen LogP contribution in [0.1, 0.15) is 35.6 Å². The largest absolute Gasteiger partial charge is 0.497 e. The lowest BCUT2D eigenvalue weighted by molar-refractivity contribution is -0.138. The van der Waals surface area contributed by atoms with Crippen LogP contribution in [0.15, 0.2) is 48.5 Å². The average Bonchev–Trinajstić information content (AvgIpc) is 3.40. The monoisotopic (exact) mass is 424 g/mol. The Hall–Kier alpha value is -2.90. The molecule has 1 N–H and O–H groups in total. The summed E-state index contributed by atoms with van der Waals surface area (Å²) in [6.45, 7) is 4.31. The van der Waals surface area contributed by atoms with Gasteiger partial charge in [-0.3, -0.25) is 14.5 Å². The van der Waals surface area contributed by atoms with E-state index in [9.17, 15) is 4.79 Å². The molecule has 0 bridgehead atoms. The minimum atomic E-state index is -0.460. The maximum Gasteiger partial charge on any atom is 0.290 e. The molecule has 5 rings (SSSR count). The summed E-state index contributed by atoms with van der Waals surface area (Å²) >= 11 is 0. The van der Waals surface area contributed by atoms with Crippen LogP contribution >= 0.6 is 0 Å². The number of carboxylic acid groups (broad SMARTS) is 1. The van der Waals surface area contributed by atoms with Gasteiger partial charge in [-0.1, -0.05) is 36.4 Å². The third kappa shape index (κ3) is 3.79. The van der Waals surface area contributed by atoms with Crippen molar-refractivity contribution in [2.45, 2.75) is 44.2 Å². The molecular weight excluding hydrogens is 396 g/mol. The maximum atomic E-state index is 12.8. The standard InChI is InChI=1S/C23H26N2O3.CH2O2/c1-16-12-19(27-2)9-8-18(16)14-24-11-10-23-21(24)13-22(26)25(23)15-20(28-23)17-6-4-3-5-7-17;2-1-3/h3-9,12,20-21H,10-11,13-15H2,1-2H3;1H,(H,2,3)/t20-,21-,23+;/m1./s1. The van der Waals surface area contributed by atoms with Gasteiger partial charge in [0, 0.05) is 25.9 Å². The number of ether oxygens (including phenoxy) is 2. The molecule has 2 aromatic rings. The van der Waals surface area contributed by atoms with E-state index in [2.05, 4.69) is 36.1 Å². The van der Waals surface area contributed by atoms with E-state index in [1.54, 1.807) is 7.11 Å². The van der Waals surface area contributed by atoms with Crippen molar-refractivity contribution >= 4 is 12.4 Å². The highest BCUT2D eigenvalue weighted by Gasteiger charge is 2.63. The molecular formula is C24H28N2O5. The molecule has 1 amide bonds. The zero-order valence-electron chi connectivity index (χ0n) is 17.9. The van der Waals surface area contributed by atoms with Crippen molar-refractivity contribution < 1.29 is 24.2 Å². The first-order chi connectivity index (χ1) is 15.0. The quantitative estimate of drug-likeness (QED) is 0.761. The highest BCUT2D eigenvalue weighted by Crippen LogP contribution is 2.50. The minimum absolute atomic E-state index is 0.0318. The summed E-state index contributed by atoms with van der Waals surface area (Å²) in [6, 6.07) is 16.6. The van der Waals surface area contributed by atoms with Gasteiger partial charge < -0.3 is 19.5 Å². The second-order valence-electron chi connectivity index (χ2n) is 8.20. The third-order valence-electron chi connectivity index (χ3n) is 6.63. The third-order valence-corrected chi connectivity index (χ3v) is 6.63. The molecule has 0 aromatic heterocycles. The fourth-order valence-corrected chi connectivity index (χ4v) is 5.13. The van der Waals surface area contributed by atoms with Crippen molar-refractivity contribution in [1.29, 1.82) is 0 Å². The number of likely N-dealkylation sites (tertiary alicyclic amines) is 1. The van der Waals surface area contributed by atoms with Crippen molar-refractivity contribution in [3.63, 3.8) is 0 Å². The molecule has 3 aliphatic rings. The van der Waals surface area contributed by atoms with E-state index in [-0.39, 0.29) is 24.5 Å². The molecule has 3 aliphatic heterocycles. The van der Waals surface area contributed by atoms with Gasteiger partial charge in [0.25, 0.3) is 6.47 Å². The lowest BCUT2D eigenvalue weighted by atomic mass is 10.0. The van der Waals surface area contributed by atoms with E-state index in [0.29, 0.717) is 13.0 Å². The van der Waals surface area contributed by atoms with E-state index in [4.69, 9.17) is 19.4 Å². The first-order valence-electron chi connectivity index (χ1n) is 10.5. The molecule has 164 valence electrons. The summed E-state index contributed by atoms with van der Waals surface area (Å²) in [6.07, 6.45) is 1.40. The van der Waals surface area contributed by atoms with Gasteiger partial charge in [0.05, 0.1) is 19.7 Å². The number of rotatable bonds is 4. The number of hydrogen-bond acceptors (Lipinski definition) is 5. The lowest BCUT2D eigenvalue weighted by Crippen LogP contribution is -2.47. The second-order valence-corrected chi connectivity index (χ2v) is 8.20. The Morgan fingerprint density at radius 2 is 2.00 bits per heavy atom. The van der Waals surface area contributed by atoms with Crippen LogP contribution in [-0.2, 0) is 20.9 Å². The number of methoxy groups -OCH3 is 1. The molecule has 0 saturated carbocycles. The van der Waals surface area contributed by atoms with Crippen LogP contribution < -0.4 is 4.74 Å². The molecule has 3 fully saturated rings. The summed E-state index contributed by atoms with van der Waals surface area (Å²) in [4.78, 5) is 25.6. The zero-order chi connectivity index (χ0) is 22.0. The van der Waals surface area contributed by atoms with E-state index >= 15 is 0 Å². The smallest absolute Gasteiger partial charge is 0.290 e. The van der Waals surface area contributed by atoms with Gasteiger partial charge >= 0.3 is 0 Å². The van der Waals surface area contributed by atoms with Gasteiger partial charge in [0.1, 0.15) is 11.9 Å². The summed E-state index contributed by atoms with van der Waals surface area (Å²) in [5.41, 5.74) is 3.19. The molecule has 3 saturated heterocycles. The first-order valence-corrected chi connectivity index (χ1v) is 10.5. The molecule has 3 atom stereocenters. The summed E-state index contributed by atoms with van der Waals surface area (Å²) in [7, 11) is 1.69. The van der Waals surface area contributed by atoms with Gasteiger partial charge in [-0.05, 0) is 35.7 Å². The molecule has 7 nitrogen and oxygen atoms in total. The van der Waals surface area contributed by atoms with Crippen LogP contribution in [0, 0.1) is 6.92 Å². The molecule has 0 unspecified atom stereocenters. The Balaban J connectivity index is 0.000000730. The van der Waals surface area contributed by atoms with Gasteiger partial charge in [-0.2, -0.15) is 0 Å². The molecule has 31 heavy (non-hydrogen) atoms. The number of carbonyl (C=O) groups is 2. The van der Waals surface area contributed by atoms with E-state index < -0.39 is 5.72 Å². The number of benzene rings is 2. The predicted molar refractivity (Wildman–Crippen MR) is 115 cm³/mol. The SMILES string of the molecule is COc1ccc(CN2CC[C@@]34O[C@@H](c5ccccc5)CN3C(=O)C[C@@H]24)c(C)c1.O=CO. The number of nitrogens with zero attached hydrogens (tertiary/aromatic N) is 2. The van der Waals surface area contributed by atoms with Crippen molar-refractivity contribution in [2.24, 2.45) is 0 Å². The fourth-order valence-electron chi connectivity index (χ4n) is 5.13. The average molecular weight is 424 g/mol. The Morgan fingerprint density at radius 3 is 2.68 bits per heavy atom. The minimum Gasteiger partial charge on any atom is -0.497 e. The Labute approximate surface area is 182 Å². The van der Waals surface area contributed by atoms with Crippen LogP contribution in [0.4, 0.5) is 0 Å². The predicted octanol–water partition coefficient (Wildman–Crippen LogP) is 2.98. The highest BCUT2D eigenvalue weighted by molar-refractivity contribution is 5.81. The number of aryl methyl sites for hydroxylation is 1. The lowest BCUT2D eigenvalue weighted by Gasteiger charge is -2.32. The van der Waals surface area contributed by atoms with E-state index in [1.807, 2.05) is 29.2 Å². The maximum absolute atomic E-state index is 12.8.